The molecule has 0 unspecified atom stereocenters. The molecule has 2 aromatic carbocycles. The molecule has 0 bridgehead atoms. The third-order valence-corrected chi connectivity index (χ3v) is 7.03. The molecule has 2 N–H and O–H groups in total. The maximum absolute atomic E-state index is 13.6. The van der Waals surface area contributed by atoms with Crippen LogP contribution >= 0.6 is 11.3 Å². The maximum Gasteiger partial charge on any atom is 0.338 e. The Morgan fingerprint density at radius 1 is 0.973 bits per heavy atom. The Hall–Kier alpha value is -4.31. The summed E-state index contributed by atoms with van der Waals surface area (Å²) in [6.45, 7) is 1.73. The van der Waals surface area contributed by atoms with E-state index >= 15 is 0 Å². The lowest BCUT2D eigenvalue weighted by Gasteiger charge is -2.27. The zero-order valence-electron chi connectivity index (χ0n) is 20.8. The Balaban J connectivity index is 2.15. The molecule has 1 atom stereocenters. The van der Waals surface area contributed by atoms with Crippen LogP contribution in [0, 0.1) is 0 Å². The zero-order valence-corrected chi connectivity index (χ0v) is 21.6. The minimum atomic E-state index is -1.00. The number of rotatable bonds is 7. The molecule has 10 heteroatoms. The van der Waals surface area contributed by atoms with Gasteiger partial charge in [0.1, 0.15) is 22.0 Å². The molecule has 37 heavy (non-hydrogen) atoms. The van der Waals surface area contributed by atoms with Gasteiger partial charge in [0.25, 0.3) is 5.56 Å². The van der Waals surface area contributed by atoms with Crippen LogP contribution < -0.4 is 30.0 Å². The maximum atomic E-state index is 13.6. The standard InChI is InChI=1S/C27H26N2O7S/c1-5-36-27(32)21-20(16-11-7-9-13-18(16)34-3)22(26(31)35-4)25-29(23(21)28)24(30)19(37-25)14-15-10-6-8-12-17(15)33-2/h6-14,20H,5,28H2,1-4H3/t20-/m0/s1. The van der Waals surface area contributed by atoms with E-state index in [0.717, 1.165) is 15.9 Å². The smallest absolute Gasteiger partial charge is 0.338 e. The number of fused-ring (bicyclic) bond motifs is 1. The molecule has 1 aliphatic rings. The number of nitrogens with two attached hydrogens (primary N) is 1. The first-order valence-electron chi connectivity index (χ1n) is 11.4. The van der Waals surface area contributed by atoms with Gasteiger partial charge in [-0.05, 0) is 25.1 Å². The molecular weight excluding hydrogens is 496 g/mol. The van der Waals surface area contributed by atoms with Gasteiger partial charge in [-0.15, -0.1) is 11.3 Å². The molecule has 0 fully saturated rings. The summed E-state index contributed by atoms with van der Waals surface area (Å²) in [6, 6.07) is 14.2. The Labute approximate surface area is 216 Å². The normalized spacial score (nSPS) is 15.3. The molecule has 4 rings (SSSR count). The first kappa shape index (κ1) is 25.8. The molecule has 3 aromatic rings. The van der Waals surface area contributed by atoms with Gasteiger partial charge < -0.3 is 24.7 Å². The lowest BCUT2D eigenvalue weighted by atomic mass is 9.82. The van der Waals surface area contributed by atoms with Crippen molar-refractivity contribution in [2.75, 3.05) is 27.9 Å². The number of methoxy groups -OCH3 is 3. The Morgan fingerprint density at radius 3 is 2.27 bits per heavy atom. The second kappa shape index (κ2) is 10.8. The molecule has 9 nitrogen and oxygen atoms in total. The number of hydrogen-bond donors (Lipinski definition) is 1. The van der Waals surface area contributed by atoms with Crippen molar-refractivity contribution in [3.05, 3.63) is 84.8 Å². The van der Waals surface area contributed by atoms with E-state index in [-0.39, 0.29) is 32.8 Å². The van der Waals surface area contributed by atoms with E-state index in [1.54, 1.807) is 49.4 Å². The Kier molecular flexibility index (Phi) is 7.49. The van der Waals surface area contributed by atoms with Crippen molar-refractivity contribution in [1.82, 2.24) is 4.57 Å². The molecule has 0 saturated heterocycles. The van der Waals surface area contributed by atoms with Crippen molar-refractivity contribution >= 4 is 40.7 Å². The van der Waals surface area contributed by atoms with E-state index in [9.17, 15) is 14.4 Å². The highest BCUT2D eigenvalue weighted by molar-refractivity contribution is 7.07. The largest absolute Gasteiger partial charge is 0.496 e. The highest BCUT2D eigenvalue weighted by Gasteiger charge is 2.41. The molecule has 192 valence electrons. The SMILES string of the molecule is CCOC(=O)C1=C(N)n2c(sc(=Cc3ccccc3OC)c2=O)=C(C(=O)OC)[C@H]1c1ccccc1OC. The van der Waals surface area contributed by atoms with Crippen LogP contribution in [0.1, 0.15) is 24.0 Å². The molecule has 0 saturated carbocycles. The van der Waals surface area contributed by atoms with Gasteiger partial charge in [-0.3, -0.25) is 9.36 Å². The summed E-state index contributed by atoms with van der Waals surface area (Å²) >= 11 is 1.06. The van der Waals surface area contributed by atoms with Crippen LogP contribution in [-0.2, 0) is 19.1 Å². The average Bonchev–Trinajstić information content (AvgIpc) is 3.24. The number of nitrogens with zero attached hydrogens (tertiary/aromatic N) is 1. The topological polar surface area (TPSA) is 119 Å². The minimum absolute atomic E-state index is 0.0528. The number of carbonyl (C=O) groups excluding carboxylic acids is 2. The minimum Gasteiger partial charge on any atom is -0.496 e. The van der Waals surface area contributed by atoms with Crippen molar-refractivity contribution in [3.8, 4) is 11.5 Å². The van der Waals surface area contributed by atoms with Crippen LogP contribution in [0.15, 0.2) is 58.9 Å². The number of benzene rings is 2. The zero-order chi connectivity index (χ0) is 26.7. The van der Waals surface area contributed by atoms with Crippen LogP contribution in [0.4, 0.5) is 0 Å². The predicted octanol–water partition coefficient (Wildman–Crippen LogP) is 1.57. The van der Waals surface area contributed by atoms with E-state index in [0.29, 0.717) is 22.6 Å². The quantitative estimate of drug-likeness (QED) is 0.465. The van der Waals surface area contributed by atoms with E-state index in [1.165, 1.54) is 21.3 Å². The monoisotopic (exact) mass is 522 g/mol. The fraction of sp³-hybridized carbons (Fsp3) is 0.222. The first-order chi connectivity index (χ1) is 17.9. The number of ether oxygens (including phenoxy) is 4. The Morgan fingerprint density at radius 2 is 1.62 bits per heavy atom. The molecular formula is C27H26N2O7S. The lowest BCUT2D eigenvalue weighted by Crippen LogP contribution is -2.41. The van der Waals surface area contributed by atoms with Gasteiger partial charge in [-0.1, -0.05) is 36.4 Å². The summed E-state index contributed by atoms with van der Waals surface area (Å²) < 4.78 is 23.1. The first-order valence-corrected chi connectivity index (χ1v) is 12.2. The number of thiazole rings is 1. The van der Waals surface area contributed by atoms with Gasteiger partial charge in [-0.25, -0.2) is 9.59 Å². The third-order valence-electron chi connectivity index (χ3n) is 5.92. The lowest BCUT2D eigenvalue weighted by molar-refractivity contribution is -0.138. The van der Waals surface area contributed by atoms with Crippen molar-refractivity contribution < 1.29 is 28.5 Å². The van der Waals surface area contributed by atoms with Crippen molar-refractivity contribution in [2.24, 2.45) is 5.73 Å². The fourth-order valence-electron chi connectivity index (χ4n) is 4.31. The average molecular weight is 523 g/mol. The number of carbonyl (C=O) groups is 2. The summed E-state index contributed by atoms with van der Waals surface area (Å²) in [4.78, 5) is 40.1. The second-order valence-electron chi connectivity index (χ2n) is 7.90. The summed E-state index contributed by atoms with van der Waals surface area (Å²) in [5, 5.41) is 0. The van der Waals surface area contributed by atoms with Crippen molar-refractivity contribution in [3.63, 3.8) is 0 Å². The van der Waals surface area contributed by atoms with Gasteiger partial charge >= 0.3 is 11.9 Å². The highest BCUT2D eigenvalue weighted by Crippen LogP contribution is 2.41. The van der Waals surface area contributed by atoms with Gasteiger partial charge in [0, 0.05) is 11.1 Å². The van der Waals surface area contributed by atoms with Crippen LogP contribution in [0.25, 0.3) is 17.5 Å². The fourth-order valence-corrected chi connectivity index (χ4v) is 5.46. The number of esters is 2. The molecule has 0 radical (unpaired) electrons. The summed E-state index contributed by atoms with van der Waals surface area (Å²) in [5.74, 6) is -1.60. The van der Waals surface area contributed by atoms with Gasteiger partial charge in [0.15, 0.2) is 0 Å². The predicted molar refractivity (Wildman–Crippen MR) is 140 cm³/mol. The molecule has 0 aliphatic carbocycles. The third kappa shape index (κ3) is 4.51. The van der Waals surface area contributed by atoms with Crippen molar-refractivity contribution in [2.45, 2.75) is 12.8 Å². The molecule has 0 amide bonds. The van der Waals surface area contributed by atoms with Crippen molar-refractivity contribution in [1.29, 1.82) is 0 Å². The molecule has 1 aromatic heterocycles. The Bertz CT molecular complexity index is 1580. The van der Waals surface area contributed by atoms with Gasteiger partial charge in [-0.2, -0.15) is 0 Å². The second-order valence-corrected chi connectivity index (χ2v) is 8.93. The summed E-state index contributed by atoms with van der Waals surface area (Å²) in [6.07, 6.45) is 1.65. The van der Waals surface area contributed by atoms with E-state index in [4.69, 9.17) is 24.7 Å². The van der Waals surface area contributed by atoms with E-state index in [1.807, 2.05) is 12.1 Å². The molecule has 2 heterocycles. The molecule has 1 aliphatic heterocycles. The van der Waals surface area contributed by atoms with Crippen LogP contribution in [0.3, 0.4) is 0 Å². The number of para-hydroxylation sites is 2. The number of hydrogen-bond acceptors (Lipinski definition) is 9. The van der Waals surface area contributed by atoms with E-state index in [2.05, 4.69) is 0 Å². The van der Waals surface area contributed by atoms with Crippen LogP contribution in [-0.4, -0.2) is 44.4 Å². The molecule has 0 spiro atoms. The number of aromatic nitrogens is 1. The summed E-state index contributed by atoms with van der Waals surface area (Å²) in [5.41, 5.74) is 7.20. The van der Waals surface area contributed by atoms with Crippen LogP contribution in [0.5, 0.6) is 11.5 Å². The van der Waals surface area contributed by atoms with Gasteiger partial charge in [0.2, 0.25) is 0 Å². The summed E-state index contributed by atoms with van der Waals surface area (Å²) in [7, 11) is 4.25. The van der Waals surface area contributed by atoms with E-state index < -0.39 is 23.4 Å². The van der Waals surface area contributed by atoms with Crippen LogP contribution in [0.2, 0.25) is 0 Å². The van der Waals surface area contributed by atoms with Gasteiger partial charge in [0.05, 0.1) is 49.5 Å². The highest BCUT2D eigenvalue weighted by atomic mass is 32.1.